The second-order valence-electron chi connectivity index (χ2n) is 5.58. The van der Waals surface area contributed by atoms with Crippen LogP contribution >= 0.6 is 23.5 Å². The first-order valence-corrected chi connectivity index (χ1v) is 9.95. The number of benzene rings is 1. The van der Waals surface area contributed by atoms with E-state index >= 15 is 0 Å². The molecule has 0 aliphatic carbocycles. The molecule has 1 aliphatic heterocycles. The molecule has 1 saturated heterocycles. The van der Waals surface area contributed by atoms with E-state index in [1.807, 2.05) is 12.3 Å². The highest BCUT2D eigenvalue weighted by atomic mass is 32.2. The Balaban J connectivity index is 1.72. The van der Waals surface area contributed by atoms with Gasteiger partial charge in [0.1, 0.15) is 0 Å². The van der Waals surface area contributed by atoms with E-state index in [1.54, 1.807) is 0 Å². The summed E-state index contributed by atoms with van der Waals surface area (Å²) in [7, 11) is 0. The zero-order valence-electron chi connectivity index (χ0n) is 13.1. The average Bonchev–Trinajstić information content (AvgIpc) is 2.56. The van der Waals surface area contributed by atoms with Gasteiger partial charge >= 0.3 is 0 Å². The summed E-state index contributed by atoms with van der Waals surface area (Å²) in [6, 6.07) is 10.4. The molecule has 21 heavy (non-hydrogen) atoms. The van der Waals surface area contributed by atoms with Crippen molar-refractivity contribution in [1.82, 2.24) is 0 Å². The topological polar surface area (TPSA) is 9.23 Å². The lowest BCUT2D eigenvalue weighted by Gasteiger charge is -2.35. The third-order valence-corrected chi connectivity index (χ3v) is 7.38. The van der Waals surface area contributed by atoms with Gasteiger partial charge in [-0.05, 0) is 37.3 Å². The summed E-state index contributed by atoms with van der Waals surface area (Å²) in [6.07, 6.45) is 5.62. The monoisotopic (exact) mass is 322 g/mol. The maximum absolute atomic E-state index is 5.75. The molecule has 1 nitrogen and oxygen atoms in total. The van der Waals surface area contributed by atoms with Crippen LogP contribution < -0.4 is 0 Å². The van der Waals surface area contributed by atoms with E-state index in [9.17, 15) is 0 Å². The van der Waals surface area contributed by atoms with Crippen molar-refractivity contribution in [3.63, 3.8) is 0 Å². The minimum atomic E-state index is 0.504. The van der Waals surface area contributed by atoms with E-state index in [0.717, 1.165) is 13.0 Å². The highest BCUT2D eigenvalue weighted by molar-refractivity contribution is 8.07. The average molecular weight is 323 g/mol. The smallest absolute Gasteiger partial charge is 0.0874 e. The Morgan fingerprint density at radius 2 is 2.10 bits per heavy atom. The molecule has 0 bridgehead atoms. The van der Waals surface area contributed by atoms with E-state index in [4.69, 9.17) is 4.74 Å². The second-order valence-corrected chi connectivity index (χ2v) is 8.25. The number of thioether (sulfide) groups is 2. The highest BCUT2D eigenvalue weighted by Gasteiger charge is 2.30. The molecule has 1 unspecified atom stereocenters. The van der Waals surface area contributed by atoms with Crippen molar-refractivity contribution in [2.75, 3.05) is 23.9 Å². The molecule has 0 N–H and O–H groups in total. The molecule has 1 aromatic rings. The Bertz CT molecular complexity index is 436. The molecule has 0 aromatic heterocycles. The molecular formula is C18H26OS2. The van der Waals surface area contributed by atoms with Gasteiger partial charge in [0, 0.05) is 22.0 Å². The Kier molecular flexibility index (Phi) is 7.05. The van der Waals surface area contributed by atoms with Crippen molar-refractivity contribution in [1.29, 1.82) is 0 Å². The van der Waals surface area contributed by atoms with Gasteiger partial charge < -0.3 is 4.74 Å². The number of allylic oxidation sites excluding steroid dienone is 1. The van der Waals surface area contributed by atoms with Crippen LogP contribution in [0.3, 0.4) is 0 Å². The van der Waals surface area contributed by atoms with Gasteiger partial charge in [0.05, 0.1) is 12.9 Å². The van der Waals surface area contributed by atoms with Crippen molar-refractivity contribution in [3.05, 3.63) is 42.2 Å². The predicted octanol–water partition coefficient (Wildman–Crippen LogP) is 5.47. The first-order chi connectivity index (χ1) is 10.3. The standard InChI is InChI=1S/C18H26OS2/c1-3-18(15-20-12-13-21-18)10-7-11-19-14-16(2)17-8-5-4-6-9-17/h4-6,8-9,14H,3,7,10-13,15H2,1-2H3/b16-14-. The highest BCUT2D eigenvalue weighted by Crippen LogP contribution is 2.40. The molecule has 1 heterocycles. The fraction of sp³-hybridized carbons (Fsp3) is 0.556. The van der Waals surface area contributed by atoms with Crippen molar-refractivity contribution in [3.8, 4) is 0 Å². The minimum Gasteiger partial charge on any atom is -0.501 e. The van der Waals surface area contributed by atoms with Crippen LogP contribution in [0.4, 0.5) is 0 Å². The van der Waals surface area contributed by atoms with Crippen LogP contribution in [0.2, 0.25) is 0 Å². The van der Waals surface area contributed by atoms with E-state index in [2.05, 4.69) is 61.6 Å². The Labute approximate surface area is 137 Å². The molecule has 0 radical (unpaired) electrons. The largest absolute Gasteiger partial charge is 0.501 e. The molecule has 3 heteroatoms. The molecule has 0 amide bonds. The predicted molar refractivity (Wildman–Crippen MR) is 98.1 cm³/mol. The number of rotatable bonds is 7. The van der Waals surface area contributed by atoms with Crippen molar-refractivity contribution in [2.24, 2.45) is 0 Å². The number of ether oxygens (including phenoxy) is 1. The zero-order chi connectivity index (χ0) is 15.0. The fourth-order valence-electron chi connectivity index (χ4n) is 2.57. The summed E-state index contributed by atoms with van der Waals surface area (Å²) in [6.45, 7) is 5.27. The fourth-order valence-corrected chi connectivity index (χ4v) is 5.75. The molecule has 0 spiro atoms. The quantitative estimate of drug-likeness (QED) is 0.486. The minimum absolute atomic E-state index is 0.504. The second kappa shape index (κ2) is 8.79. The molecule has 2 rings (SSSR count). The van der Waals surface area contributed by atoms with E-state index < -0.39 is 0 Å². The summed E-state index contributed by atoms with van der Waals surface area (Å²) in [5, 5.41) is 0. The lowest BCUT2D eigenvalue weighted by molar-refractivity contribution is 0.238. The molecule has 1 atom stereocenters. The normalized spacial score (nSPS) is 23.0. The van der Waals surface area contributed by atoms with Gasteiger partial charge in [-0.25, -0.2) is 0 Å². The number of hydrogen-bond donors (Lipinski definition) is 0. The Hall–Kier alpha value is -0.540. The van der Waals surface area contributed by atoms with Crippen LogP contribution in [0.1, 0.15) is 38.7 Å². The van der Waals surface area contributed by atoms with Crippen LogP contribution in [0.5, 0.6) is 0 Å². The molecule has 116 valence electrons. The zero-order valence-corrected chi connectivity index (χ0v) is 14.8. The summed E-state index contributed by atoms with van der Waals surface area (Å²) in [5.74, 6) is 3.95. The van der Waals surface area contributed by atoms with Gasteiger partial charge in [-0.2, -0.15) is 23.5 Å². The van der Waals surface area contributed by atoms with Crippen molar-refractivity contribution < 1.29 is 4.74 Å². The SMILES string of the molecule is CCC1(CCCO/C=C(/C)c2ccccc2)CSCCS1. The van der Waals surface area contributed by atoms with E-state index in [0.29, 0.717) is 4.75 Å². The first-order valence-electron chi connectivity index (χ1n) is 7.81. The maximum atomic E-state index is 5.75. The summed E-state index contributed by atoms with van der Waals surface area (Å²) in [4.78, 5) is 0. The molecule has 0 saturated carbocycles. The third-order valence-electron chi connectivity index (χ3n) is 4.03. The lowest BCUT2D eigenvalue weighted by atomic mass is 10.0. The summed E-state index contributed by atoms with van der Waals surface area (Å²) >= 11 is 4.30. The Morgan fingerprint density at radius 3 is 2.76 bits per heavy atom. The van der Waals surface area contributed by atoms with Gasteiger partial charge in [0.15, 0.2) is 0 Å². The van der Waals surface area contributed by atoms with Gasteiger partial charge in [-0.15, -0.1) is 0 Å². The molecule has 1 fully saturated rings. The van der Waals surface area contributed by atoms with Crippen LogP contribution in [0.25, 0.3) is 5.57 Å². The van der Waals surface area contributed by atoms with Crippen LogP contribution in [-0.2, 0) is 4.74 Å². The molecule has 1 aromatic carbocycles. The first kappa shape index (κ1) is 16.8. The number of hydrogen-bond acceptors (Lipinski definition) is 3. The molecular weight excluding hydrogens is 296 g/mol. The molecule has 1 aliphatic rings. The van der Waals surface area contributed by atoms with Crippen LogP contribution in [0, 0.1) is 0 Å². The van der Waals surface area contributed by atoms with E-state index in [-0.39, 0.29) is 0 Å². The van der Waals surface area contributed by atoms with Crippen molar-refractivity contribution >= 4 is 29.1 Å². The van der Waals surface area contributed by atoms with Gasteiger partial charge in [0.25, 0.3) is 0 Å². The van der Waals surface area contributed by atoms with Crippen molar-refractivity contribution in [2.45, 2.75) is 37.9 Å². The lowest BCUT2D eigenvalue weighted by Crippen LogP contribution is -2.31. The summed E-state index contributed by atoms with van der Waals surface area (Å²) in [5.41, 5.74) is 2.44. The summed E-state index contributed by atoms with van der Waals surface area (Å²) < 4.78 is 6.26. The third kappa shape index (κ3) is 5.30. The van der Waals surface area contributed by atoms with Gasteiger partial charge in [-0.1, -0.05) is 37.3 Å². The van der Waals surface area contributed by atoms with Gasteiger partial charge in [0.2, 0.25) is 0 Å². The Morgan fingerprint density at radius 1 is 1.29 bits per heavy atom. The van der Waals surface area contributed by atoms with Crippen LogP contribution in [-0.4, -0.2) is 28.6 Å². The van der Waals surface area contributed by atoms with Gasteiger partial charge in [-0.3, -0.25) is 0 Å². The van der Waals surface area contributed by atoms with Crippen LogP contribution in [0.15, 0.2) is 36.6 Å². The van der Waals surface area contributed by atoms with E-state index in [1.165, 1.54) is 41.2 Å². The maximum Gasteiger partial charge on any atom is 0.0874 e.